The summed E-state index contributed by atoms with van der Waals surface area (Å²) in [7, 11) is 1.83. The molecule has 3 aliphatic rings. The monoisotopic (exact) mass is 266 g/mol. The Labute approximate surface area is 118 Å². The van der Waals surface area contributed by atoms with Crippen molar-refractivity contribution in [1.29, 1.82) is 0 Å². The van der Waals surface area contributed by atoms with Gasteiger partial charge in [-0.25, -0.2) is 0 Å². The van der Waals surface area contributed by atoms with Crippen LogP contribution in [0.2, 0.25) is 0 Å². The zero-order chi connectivity index (χ0) is 13.3. The molecule has 0 aromatic rings. The third-order valence-electron chi connectivity index (χ3n) is 5.55. The van der Waals surface area contributed by atoms with E-state index in [1.807, 2.05) is 7.11 Å². The van der Waals surface area contributed by atoms with E-state index in [1.54, 1.807) is 0 Å². The zero-order valence-corrected chi connectivity index (χ0v) is 12.7. The first kappa shape index (κ1) is 13.8. The maximum atomic E-state index is 5.42. The summed E-state index contributed by atoms with van der Waals surface area (Å²) in [4.78, 5) is 2.78. The minimum atomic E-state index is 0.422. The van der Waals surface area contributed by atoms with Gasteiger partial charge in [0.25, 0.3) is 0 Å². The second-order valence-corrected chi connectivity index (χ2v) is 7.10. The number of nitrogens with one attached hydrogen (secondary N) is 1. The first-order valence-corrected chi connectivity index (χ1v) is 8.24. The number of rotatable bonds is 4. The molecule has 3 heteroatoms. The smallest absolute Gasteiger partial charge is 0.0615 e. The first-order valence-electron chi connectivity index (χ1n) is 8.24. The molecule has 1 saturated heterocycles. The van der Waals surface area contributed by atoms with Crippen LogP contribution in [-0.2, 0) is 4.74 Å². The van der Waals surface area contributed by atoms with Crippen molar-refractivity contribution in [3.63, 3.8) is 0 Å². The topological polar surface area (TPSA) is 24.5 Å². The van der Waals surface area contributed by atoms with Crippen molar-refractivity contribution in [3.05, 3.63) is 0 Å². The summed E-state index contributed by atoms with van der Waals surface area (Å²) in [5.41, 5.74) is 0.422. The second-order valence-electron chi connectivity index (χ2n) is 7.10. The van der Waals surface area contributed by atoms with E-state index in [0.29, 0.717) is 11.6 Å². The Morgan fingerprint density at radius 3 is 2.63 bits per heavy atom. The second kappa shape index (κ2) is 5.71. The Bertz CT molecular complexity index is 297. The molecule has 1 spiro atoms. The molecule has 0 aromatic carbocycles. The van der Waals surface area contributed by atoms with E-state index in [4.69, 9.17) is 4.74 Å². The quantitative estimate of drug-likeness (QED) is 0.845. The van der Waals surface area contributed by atoms with Gasteiger partial charge in [0.1, 0.15) is 0 Å². The van der Waals surface area contributed by atoms with Crippen LogP contribution in [0.1, 0.15) is 51.9 Å². The minimum Gasteiger partial charge on any atom is -0.383 e. The van der Waals surface area contributed by atoms with E-state index in [-0.39, 0.29) is 0 Å². The van der Waals surface area contributed by atoms with E-state index in [1.165, 1.54) is 58.0 Å². The van der Waals surface area contributed by atoms with Crippen LogP contribution in [0.4, 0.5) is 0 Å². The molecular formula is C16H30N2O. The Balaban J connectivity index is 1.70. The van der Waals surface area contributed by atoms with Gasteiger partial charge in [-0.05, 0) is 38.5 Å². The number of methoxy groups -OCH3 is 1. The molecule has 2 aliphatic carbocycles. The van der Waals surface area contributed by atoms with Crippen molar-refractivity contribution < 1.29 is 4.74 Å². The lowest BCUT2D eigenvalue weighted by Crippen LogP contribution is -2.67. The Morgan fingerprint density at radius 1 is 1.26 bits per heavy atom. The summed E-state index contributed by atoms with van der Waals surface area (Å²) in [5, 5.41) is 3.95. The van der Waals surface area contributed by atoms with Gasteiger partial charge in [0.05, 0.1) is 6.61 Å². The van der Waals surface area contributed by atoms with Crippen LogP contribution in [0.3, 0.4) is 0 Å². The summed E-state index contributed by atoms with van der Waals surface area (Å²) in [6.07, 6.45) is 9.89. The van der Waals surface area contributed by atoms with Gasteiger partial charge in [-0.15, -0.1) is 0 Å². The van der Waals surface area contributed by atoms with E-state index >= 15 is 0 Å². The van der Waals surface area contributed by atoms with Crippen LogP contribution in [0.25, 0.3) is 0 Å². The normalized spacial score (nSPS) is 33.5. The lowest BCUT2D eigenvalue weighted by molar-refractivity contribution is -0.00419. The van der Waals surface area contributed by atoms with Crippen molar-refractivity contribution in [1.82, 2.24) is 10.2 Å². The van der Waals surface area contributed by atoms with Gasteiger partial charge < -0.3 is 10.1 Å². The zero-order valence-electron chi connectivity index (χ0n) is 12.7. The van der Waals surface area contributed by atoms with Gasteiger partial charge in [-0.3, -0.25) is 4.90 Å². The number of piperazine rings is 1. The molecule has 0 radical (unpaired) electrons. The average molecular weight is 266 g/mol. The molecule has 0 amide bonds. The van der Waals surface area contributed by atoms with E-state index < -0.39 is 0 Å². The number of ether oxygens (including phenoxy) is 1. The van der Waals surface area contributed by atoms with Gasteiger partial charge in [0, 0.05) is 37.8 Å². The summed E-state index contributed by atoms with van der Waals surface area (Å²) in [5.74, 6) is 0.952. The Hall–Kier alpha value is -0.120. The van der Waals surface area contributed by atoms with Crippen molar-refractivity contribution in [2.45, 2.75) is 69.5 Å². The maximum Gasteiger partial charge on any atom is 0.0615 e. The van der Waals surface area contributed by atoms with Crippen LogP contribution in [0.15, 0.2) is 0 Å². The molecular weight excluding hydrogens is 236 g/mol. The maximum absolute atomic E-state index is 5.42. The fourth-order valence-electron chi connectivity index (χ4n) is 4.26. The predicted molar refractivity (Wildman–Crippen MR) is 78.4 cm³/mol. The van der Waals surface area contributed by atoms with Crippen molar-refractivity contribution in [2.24, 2.45) is 5.92 Å². The van der Waals surface area contributed by atoms with Crippen molar-refractivity contribution in [3.8, 4) is 0 Å². The largest absolute Gasteiger partial charge is 0.383 e. The SMILES string of the molecule is COCC(C)N1CC2(CCCCC2)NCC1C1CC1. The highest BCUT2D eigenvalue weighted by molar-refractivity contribution is 5.04. The molecule has 0 aromatic heterocycles. The Morgan fingerprint density at radius 2 is 2.00 bits per heavy atom. The van der Waals surface area contributed by atoms with Gasteiger partial charge in [-0.2, -0.15) is 0 Å². The standard InChI is InChI=1S/C16H30N2O/c1-13(11-19-2)18-12-16(8-4-3-5-9-16)17-10-15(18)14-6-7-14/h13-15,17H,3-12H2,1-2H3. The van der Waals surface area contributed by atoms with Gasteiger partial charge >= 0.3 is 0 Å². The van der Waals surface area contributed by atoms with Crippen LogP contribution >= 0.6 is 0 Å². The predicted octanol–water partition coefficient (Wildman–Crippen LogP) is 2.41. The molecule has 2 atom stereocenters. The summed E-state index contributed by atoms with van der Waals surface area (Å²) < 4.78 is 5.42. The fourth-order valence-corrected chi connectivity index (χ4v) is 4.26. The minimum absolute atomic E-state index is 0.422. The third-order valence-corrected chi connectivity index (χ3v) is 5.55. The number of hydrogen-bond donors (Lipinski definition) is 1. The van der Waals surface area contributed by atoms with Crippen molar-refractivity contribution >= 4 is 0 Å². The molecule has 110 valence electrons. The van der Waals surface area contributed by atoms with Gasteiger partial charge in [0.2, 0.25) is 0 Å². The molecule has 0 bridgehead atoms. The van der Waals surface area contributed by atoms with Gasteiger partial charge in [-0.1, -0.05) is 19.3 Å². The molecule has 2 unspecified atom stereocenters. The molecule has 3 rings (SSSR count). The van der Waals surface area contributed by atoms with Crippen molar-refractivity contribution in [2.75, 3.05) is 26.8 Å². The van der Waals surface area contributed by atoms with Crippen LogP contribution in [0.5, 0.6) is 0 Å². The molecule has 19 heavy (non-hydrogen) atoms. The van der Waals surface area contributed by atoms with Crippen LogP contribution in [-0.4, -0.2) is 49.3 Å². The molecule has 1 heterocycles. The molecule has 3 fully saturated rings. The molecule has 3 nitrogen and oxygen atoms in total. The number of hydrogen-bond acceptors (Lipinski definition) is 3. The highest BCUT2D eigenvalue weighted by atomic mass is 16.5. The van der Waals surface area contributed by atoms with E-state index in [0.717, 1.165) is 18.6 Å². The highest BCUT2D eigenvalue weighted by Crippen LogP contribution is 2.40. The van der Waals surface area contributed by atoms with Gasteiger partial charge in [0.15, 0.2) is 0 Å². The summed E-state index contributed by atoms with van der Waals surface area (Å²) >= 11 is 0. The molecule has 1 aliphatic heterocycles. The number of nitrogens with zero attached hydrogens (tertiary/aromatic N) is 1. The Kier molecular flexibility index (Phi) is 4.16. The average Bonchev–Trinajstić information content (AvgIpc) is 3.24. The highest BCUT2D eigenvalue weighted by Gasteiger charge is 2.45. The lowest BCUT2D eigenvalue weighted by atomic mass is 9.78. The van der Waals surface area contributed by atoms with E-state index in [2.05, 4.69) is 17.1 Å². The summed E-state index contributed by atoms with van der Waals surface area (Å²) in [6.45, 7) is 5.68. The molecule has 2 saturated carbocycles. The molecule has 1 N–H and O–H groups in total. The fraction of sp³-hybridized carbons (Fsp3) is 1.00. The van der Waals surface area contributed by atoms with E-state index in [9.17, 15) is 0 Å². The lowest BCUT2D eigenvalue weighted by Gasteiger charge is -2.51. The van der Waals surface area contributed by atoms with Crippen LogP contribution in [0, 0.1) is 5.92 Å². The van der Waals surface area contributed by atoms with Crippen LogP contribution < -0.4 is 5.32 Å². The third kappa shape index (κ3) is 2.98. The first-order chi connectivity index (χ1) is 9.24. The summed E-state index contributed by atoms with van der Waals surface area (Å²) in [6, 6.07) is 1.33.